The first-order valence-corrected chi connectivity index (χ1v) is 3.56. The summed E-state index contributed by atoms with van der Waals surface area (Å²) >= 11 is 0. The Kier molecular flexibility index (Phi) is 1.55. The van der Waals surface area contributed by atoms with Crippen molar-refractivity contribution in [2.24, 2.45) is 0 Å². The molecule has 4 heteroatoms. The molecule has 2 N–H and O–H groups in total. The summed E-state index contributed by atoms with van der Waals surface area (Å²) in [5.74, 6) is 1.03. The van der Waals surface area contributed by atoms with E-state index in [2.05, 4.69) is 0 Å². The average Bonchev–Trinajstić information content (AvgIpc) is 2.05. The zero-order valence-corrected chi connectivity index (χ0v) is 6.23. The monoisotopic (exact) mass is 168 g/mol. The number of phenolic OH excluding ortho intramolecular Hbond substituents is 1. The maximum Gasteiger partial charge on any atom is 0.232 e. The van der Waals surface area contributed by atoms with Crippen LogP contribution in [0.5, 0.6) is 17.2 Å². The zero-order valence-electron chi connectivity index (χ0n) is 6.23. The van der Waals surface area contributed by atoms with Gasteiger partial charge in [0.2, 0.25) is 6.29 Å². The minimum Gasteiger partial charge on any atom is -0.508 e. The van der Waals surface area contributed by atoms with E-state index in [9.17, 15) is 0 Å². The number of ether oxygens (including phenoxy) is 2. The fourth-order valence-corrected chi connectivity index (χ4v) is 1.05. The van der Waals surface area contributed by atoms with E-state index in [0.717, 1.165) is 0 Å². The van der Waals surface area contributed by atoms with E-state index < -0.39 is 6.29 Å². The van der Waals surface area contributed by atoms with Gasteiger partial charge in [-0.2, -0.15) is 0 Å². The fraction of sp³-hybridized carbons (Fsp3) is 0.250. The third-order valence-corrected chi connectivity index (χ3v) is 1.57. The normalized spacial score (nSPS) is 20.6. The molecule has 64 valence electrons. The summed E-state index contributed by atoms with van der Waals surface area (Å²) in [7, 11) is 0. The molecule has 0 saturated carbocycles. The summed E-state index contributed by atoms with van der Waals surface area (Å²) in [4.78, 5) is 0. The molecule has 1 aliphatic rings. The molecule has 0 saturated heterocycles. The standard InChI is InChI=1S/C8H8O4/c9-5-1-2-6-7(3-5)11-4-8(10)12-6/h1-3,8-10H,4H2. The summed E-state index contributed by atoms with van der Waals surface area (Å²) in [6, 6.07) is 4.47. The Labute approximate surface area is 69.0 Å². The lowest BCUT2D eigenvalue weighted by molar-refractivity contribution is -0.0671. The largest absolute Gasteiger partial charge is 0.508 e. The van der Waals surface area contributed by atoms with Gasteiger partial charge in [-0.05, 0) is 12.1 Å². The quantitative estimate of drug-likeness (QED) is 0.591. The first-order valence-electron chi connectivity index (χ1n) is 3.56. The summed E-state index contributed by atoms with van der Waals surface area (Å²) in [6.45, 7) is 0.0937. The summed E-state index contributed by atoms with van der Waals surface area (Å²) in [5.41, 5.74) is 0. The van der Waals surface area contributed by atoms with Crippen LogP contribution in [0.2, 0.25) is 0 Å². The van der Waals surface area contributed by atoms with Crippen molar-refractivity contribution < 1.29 is 19.7 Å². The number of aromatic hydroxyl groups is 1. The predicted molar refractivity (Wildman–Crippen MR) is 40.2 cm³/mol. The number of hydrogen-bond acceptors (Lipinski definition) is 4. The highest BCUT2D eigenvalue weighted by Gasteiger charge is 2.18. The topological polar surface area (TPSA) is 58.9 Å². The molecule has 12 heavy (non-hydrogen) atoms. The van der Waals surface area contributed by atoms with Crippen LogP contribution in [0.4, 0.5) is 0 Å². The van der Waals surface area contributed by atoms with E-state index >= 15 is 0 Å². The van der Waals surface area contributed by atoms with Crippen LogP contribution in [0, 0.1) is 0 Å². The molecule has 0 fully saturated rings. The van der Waals surface area contributed by atoms with Gasteiger partial charge in [-0.25, -0.2) is 0 Å². The van der Waals surface area contributed by atoms with Crippen molar-refractivity contribution in [3.63, 3.8) is 0 Å². The van der Waals surface area contributed by atoms with E-state index in [1.165, 1.54) is 12.1 Å². The molecule has 2 rings (SSSR count). The molecule has 0 aromatic heterocycles. The Hall–Kier alpha value is -1.42. The molecule has 1 aliphatic heterocycles. The second kappa shape index (κ2) is 2.57. The lowest BCUT2D eigenvalue weighted by atomic mass is 10.3. The molecule has 0 amide bonds. The first kappa shape index (κ1) is 7.24. The van der Waals surface area contributed by atoms with Crippen molar-refractivity contribution in [3.05, 3.63) is 18.2 Å². The smallest absolute Gasteiger partial charge is 0.232 e. The van der Waals surface area contributed by atoms with Gasteiger partial charge in [0, 0.05) is 6.07 Å². The minimum absolute atomic E-state index is 0.0937. The van der Waals surface area contributed by atoms with Gasteiger partial charge >= 0.3 is 0 Å². The molecule has 1 aromatic carbocycles. The van der Waals surface area contributed by atoms with E-state index in [0.29, 0.717) is 11.5 Å². The van der Waals surface area contributed by atoms with Crippen LogP contribution in [0.15, 0.2) is 18.2 Å². The molecule has 0 spiro atoms. The van der Waals surface area contributed by atoms with Gasteiger partial charge in [-0.15, -0.1) is 0 Å². The highest BCUT2D eigenvalue weighted by atomic mass is 16.7. The molecule has 0 bridgehead atoms. The maximum absolute atomic E-state index is 9.06. The van der Waals surface area contributed by atoms with E-state index in [1.54, 1.807) is 6.07 Å². The number of phenols is 1. The minimum atomic E-state index is -0.915. The average molecular weight is 168 g/mol. The fourth-order valence-electron chi connectivity index (χ4n) is 1.05. The number of aliphatic hydroxyl groups is 1. The Morgan fingerprint density at radius 3 is 3.00 bits per heavy atom. The van der Waals surface area contributed by atoms with Crippen LogP contribution in [0.3, 0.4) is 0 Å². The van der Waals surface area contributed by atoms with Gasteiger partial charge in [-0.3, -0.25) is 0 Å². The Bertz CT molecular complexity index is 297. The van der Waals surface area contributed by atoms with Crippen molar-refractivity contribution in [2.75, 3.05) is 6.61 Å². The second-order valence-corrected chi connectivity index (χ2v) is 2.51. The van der Waals surface area contributed by atoms with Gasteiger partial charge in [0.15, 0.2) is 18.1 Å². The van der Waals surface area contributed by atoms with Crippen molar-refractivity contribution in [3.8, 4) is 17.2 Å². The molecule has 1 atom stereocenters. The van der Waals surface area contributed by atoms with Crippen molar-refractivity contribution in [1.29, 1.82) is 0 Å². The number of rotatable bonds is 0. The summed E-state index contributed by atoms with van der Waals surface area (Å²) < 4.78 is 10.1. The van der Waals surface area contributed by atoms with Crippen LogP contribution >= 0.6 is 0 Å². The SMILES string of the molecule is Oc1ccc2c(c1)OCC(O)O2. The number of fused-ring (bicyclic) bond motifs is 1. The lowest BCUT2D eigenvalue weighted by Crippen LogP contribution is -2.28. The third-order valence-electron chi connectivity index (χ3n) is 1.57. The molecule has 0 aliphatic carbocycles. The second-order valence-electron chi connectivity index (χ2n) is 2.51. The molecule has 4 nitrogen and oxygen atoms in total. The highest BCUT2D eigenvalue weighted by molar-refractivity contribution is 5.45. The predicted octanol–water partition coefficient (Wildman–Crippen LogP) is 0.482. The Morgan fingerprint density at radius 1 is 1.33 bits per heavy atom. The number of hydrogen-bond donors (Lipinski definition) is 2. The van der Waals surface area contributed by atoms with Crippen molar-refractivity contribution in [2.45, 2.75) is 6.29 Å². The van der Waals surface area contributed by atoms with Crippen molar-refractivity contribution in [1.82, 2.24) is 0 Å². The molecule has 1 aromatic rings. The van der Waals surface area contributed by atoms with E-state index in [1.807, 2.05) is 0 Å². The van der Waals surface area contributed by atoms with E-state index in [4.69, 9.17) is 19.7 Å². The van der Waals surface area contributed by atoms with Gasteiger partial charge in [0.25, 0.3) is 0 Å². The van der Waals surface area contributed by atoms with Gasteiger partial charge < -0.3 is 19.7 Å². The number of benzene rings is 1. The van der Waals surface area contributed by atoms with Crippen molar-refractivity contribution >= 4 is 0 Å². The Balaban J connectivity index is 2.37. The van der Waals surface area contributed by atoms with Crippen LogP contribution < -0.4 is 9.47 Å². The lowest BCUT2D eigenvalue weighted by Gasteiger charge is -2.22. The van der Waals surface area contributed by atoms with Crippen LogP contribution in [-0.2, 0) is 0 Å². The maximum atomic E-state index is 9.06. The first-order chi connectivity index (χ1) is 5.75. The van der Waals surface area contributed by atoms with Gasteiger partial charge in [0.05, 0.1) is 0 Å². The van der Waals surface area contributed by atoms with Gasteiger partial charge in [-0.1, -0.05) is 0 Å². The van der Waals surface area contributed by atoms with Gasteiger partial charge in [0.1, 0.15) is 5.75 Å². The van der Waals surface area contributed by atoms with Crippen LogP contribution in [-0.4, -0.2) is 23.1 Å². The Morgan fingerprint density at radius 2 is 2.17 bits per heavy atom. The molecule has 0 radical (unpaired) electrons. The highest BCUT2D eigenvalue weighted by Crippen LogP contribution is 2.33. The third kappa shape index (κ3) is 1.16. The van der Waals surface area contributed by atoms with E-state index in [-0.39, 0.29) is 12.4 Å². The number of aliphatic hydroxyl groups excluding tert-OH is 1. The zero-order chi connectivity index (χ0) is 8.55. The van der Waals surface area contributed by atoms with Crippen LogP contribution in [0.25, 0.3) is 0 Å². The van der Waals surface area contributed by atoms with Crippen LogP contribution in [0.1, 0.15) is 0 Å². The summed E-state index contributed by atoms with van der Waals surface area (Å²) in [6.07, 6.45) is -0.915. The molecule has 1 unspecified atom stereocenters. The molecule has 1 heterocycles. The molecular formula is C8H8O4. The summed E-state index contributed by atoms with van der Waals surface area (Å²) in [5, 5.41) is 18.1. The molecular weight excluding hydrogens is 160 g/mol.